The minimum atomic E-state index is -3.96. The van der Waals surface area contributed by atoms with Crippen molar-refractivity contribution in [2.24, 2.45) is 5.10 Å². The van der Waals surface area contributed by atoms with E-state index < -0.39 is 31.3 Å². The lowest BCUT2D eigenvalue weighted by molar-refractivity contribution is -0.393. The lowest BCUT2D eigenvalue weighted by atomic mass is 10.2. The first-order chi connectivity index (χ1) is 14.8. The van der Waals surface area contributed by atoms with Gasteiger partial charge in [0.05, 0.1) is 22.1 Å². The van der Waals surface area contributed by atoms with Gasteiger partial charge in [0.15, 0.2) is 0 Å². The van der Waals surface area contributed by atoms with Crippen LogP contribution in [0, 0.1) is 20.2 Å². The molecule has 0 bridgehead atoms. The van der Waals surface area contributed by atoms with Crippen LogP contribution in [0.1, 0.15) is 5.56 Å². The number of anilines is 1. The monoisotopic (exact) mass is 442 g/mol. The average Bonchev–Trinajstić information content (AvgIpc) is 2.75. The highest BCUT2D eigenvalue weighted by Crippen LogP contribution is 2.28. The van der Waals surface area contributed by atoms with E-state index in [0.717, 1.165) is 12.1 Å². The molecule has 3 aromatic rings. The maximum absolute atomic E-state index is 12.2. The van der Waals surface area contributed by atoms with Gasteiger partial charge in [0, 0.05) is 6.07 Å². The highest BCUT2D eigenvalue weighted by atomic mass is 32.2. The van der Waals surface area contributed by atoms with Gasteiger partial charge in [-0.1, -0.05) is 18.2 Å². The first kappa shape index (κ1) is 21.4. The first-order valence-corrected chi connectivity index (χ1v) is 9.98. The summed E-state index contributed by atoms with van der Waals surface area (Å²) in [4.78, 5) is 20.4. The van der Waals surface area contributed by atoms with Gasteiger partial charge in [0.25, 0.3) is 5.69 Å². The highest BCUT2D eigenvalue weighted by Gasteiger charge is 2.19. The molecule has 1 N–H and O–H groups in total. The topological polar surface area (TPSA) is 154 Å². The van der Waals surface area contributed by atoms with Crippen LogP contribution in [0.5, 0.6) is 5.75 Å². The van der Waals surface area contributed by atoms with E-state index in [9.17, 15) is 28.6 Å². The van der Waals surface area contributed by atoms with E-state index in [1.165, 1.54) is 48.7 Å². The Hall–Kier alpha value is -4.32. The summed E-state index contributed by atoms with van der Waals surface area (Å²) in [5.74, 6) is 0.0972. The van der Waals surface area contributed by atoms with Crippen LogP contribution in [0.25, 0.3) is 0 Å². The van der Waals surface area contributed by atoms with Crippen molar-refractivity contribution in [2.75, 3.05) is 5.43 Å². The molecule has 0 aliphatic carbocycles. The molecule has 12 heteroatoms. The Morgan fingerprint density at radius 1 is 0.903 bits per heavy atom. The van der Waals surface area contributed by atoms with Crippen LogP contribution in [-0.4, -0.2) is 24.5 Å². The van der Waals surface area contributed by atoms with Crippen molar-refractivity contribution in [3.8, 4) is 5.75 Å². The zero-order valence-electron chi connectivity index (χ0n) is 15.6. The zero-order chi connectivity index (χ0) is 22.4. The summed E-state index contributed by atoms with van der Waals surface area (Å²) in [5.41, 5.74) is 2.06. The van der Waals surface area contributed by atoms with Crippen LogP contribution in [0.3, 0.4) is 0 Å². The van der Waals surface area contributed by atoms with Gasteiger partial charge in [-0.25, -0.2) is 0 Å². The molecule has 0 amide bonds. The number of nitro benzene ring substituents is 2. The second kappa shape index (κ2) is 9.00. The van der Waals surface area contributed by atoms with E-state index in [1.54, 1.807) is 18.2 Å². The fraction of sp³-hybridized carbons (Fsp3) is 0. The van der Waals surface area contributed by atoms with Crippen LogP contribution >= 0.6 is 0 Å². The molecule has 0 spiro atoms. The van der Waals surface area contributed by atoms with Crippen molar-refractivity contribution < 1.29 is 22.4 Å². The molecule has 158 valence electrons. The zero-order valence-corrected chi connectivity index (χ0v) is 16.4. The Kier molecular flexibility index (Phi) is 6.21. The molecular weight excluding hydrogens is 428 g/mol. The summed E-state index contributed by atoms with van der Waals surface area (Å²) in [6.07, 6.45) is 1.33. The number of hydrogen-bond donors (Lipinski definition) is 1. The molecule has 0 aliphatic rings. The molecule has 0 aliphatic heterocycles. The van der Waals surface area contributed by atoms with Crippen molar-refractivity contribution in [3.63, 3.8) is 0 Å². The van der Waals surface area contributed by atoms with Crippen LogP contribution in [-0.2, 0) is 10.1 Å². The number of hydrazone groups is 1. The third kappa shape index (κ3) is 5.39. The summed E-state index contributed by atoms with van der Waals surface area (Å²) >= 11 is 0. The maximum Gasteiger partial charge on any atom is 0.339 e. The van der Waals surface area contributed by atoms with Crippen molar-refractivity contribution >= 4 is 33.4 Å². The van der Waals surface area contributed by atoms with Gasteiger partial charge in [0.2, 0.25) is 0 Å². The summed E-state index contributed by atoms with van der Waals surface area (Å²) in [6, 6.07) is 16.7. The van der Waals surface area contributed by atoms with Gasteiger partial charge in [-0.2, -0.15) is 13.5 Å². The third-order valence-electron chi connectivity index (χ3n) is 3.91. The second-order valence-electron chi connectivity index (χ2n) is 6.01. The van der Waals surface area contributed by atoms with E-state index in [-0.39, 0.29) is 16.3 Å². The summed E-state index contributed by atoms with van der Waals surface area (Å²) in [7, 11) is -3.96. The normalized spacial score (nSPS) is 11.2. The lowest BCUT2D eigenvalue weighted by Gasteiger charge is -2.07. The number of non-ortho nitro benzene ring substituents is 1. The molecule has 0 aromatic heterocycles. The molecule has 0 heterocycles. The van der Waals surface area contributed by atoms with E-state index in [1.807, 2.05) is 0 Å². The summed E-state index contributed by atoms with van der Waals surface area (Å²) in [6.45, 7) is 0. The second-order valence-corrected chi connectivity index (χ2v) is 7.55. The Morgan fingerprint density at radius 3 is 2.19 bits per heavy atom. The molecular formula is C19H14N4O7S. The summed E-state index contributed by atoms with van der Waals surface area (Å²) < 4.78 is 29.5. The van der Waals surface area contributed by atoms with Gasteiger partial charge in [-0.3, -0.25) is 25.7 Å². The van der Waals surface area contributed by atoms with Crippen LogP contribution in [0.2, 0.25) is 0 Å². The predicted octanol–water partition coefficient (Wildman–Crippen LogP) is 3.72. The molecule has 0 radical (unpaired) electrons. The molecule has 0 saturated carbocycles. The van der Waals surface area contributed by atoms with Crippen molar-refractivity contribution in [1.29, 1.82) is 0 Å². The molecule has 0 fully saturated rings. The van der Waals surface area contributed by atoms with E-state index in [4.69, 9.17) is 4.18 Å². The number of rotatable bonds is 8. The average molecular weight is 442 g/mol. The Bertz CT molecular complexity index is 1240. The fourth-order valence-corrected chi connectivity index (χ4v) is 3.38. The van der Waals surface area contributed by atoms with Gasteiger partial charge >= 0.3 is 15.8 Å². The molecule has 11 nitrogen and oxygen atoms in total. The molecule has 0 saturated heterocycles. The van der Waals surface area contributed by atoms with Crippen LogP contribution < -0.4 is 9.61 Å². The first-order valence-electron chi connectivity index (χ1n) is 8.58. The van der Waals surface area contributed by atoms with E-state index >= 15 is 0 Å². The third-order valence-corrected chi connectivity index (χ3v) is 5.17. The number of hydrogen-bond acceptors (Lipinski definition) is 9. The minimum Gasteiger partial charge on any atom is -0.379 e. The van der Waals surface area contributed by atoms with Gasteiger partial charge < -0.3 is 4.18 Å². The highest BCUT2D eigenvalue weighted by molar-refractivity contribution is 7.87. The number of nitrogens with one attached hydrogen (secondary N) is 1. The van der Waals surface area contributed by atoms with Crippen molar-refractivity contribution in [2.45, 2.75) is 4.90 Å². The van der Waals surface area contributed by atoms with Crippen molar-refractivity contribution in [1.82, 2.24) is 0 Å². The standard InChI is InChI=1S/C19H14N4O7S/c24-22(25)15-8-11-18(19(12-15)23(26)27)21-20-13-14-6-9-16(10-7-14)30-31(28,29)17-4-2-1-3-5-17/h1-13,21H/b20-13-. The predicted molar refractivity (Wildman–Crippen MR) is 112 cm³/mol. The number of nitro groups is 2. The van der Waals surface area contributed by atoms with Crippen LogP contribution in [0.15, 0.2) is 82.8 Å². The SMILES string of the molecule is O=[N+]([O-])c1ccc(N/N=C\c2ccc(OS(=O)(=O)c3ccccc3)cc2)c([N+](=O)[O-])c1. The van der Waals surface area contributed by atoms with Crippen molar-refractivity contribution in [3.05, 3.63) is 98.6 Å². The van der Waals surface area contributed by atoms with Gasteiger partial charge in [0.1, 0.15) is 16.3 Å². The smallest absolute Gasteiger partial charge is 0.339 e. The molecule has 31 heavy (non-hydrogen) atoms. The Morgan fingerprint density at radius 2 is 1.58 bits per heavy atom. The Labute approximate surface area is 176 Å². The molecule has 3 aromatic carbocycles. The summed E-state index contributed by atoms with van der Waals surface area (Å²) in [5, 5.41) is 25.8. The van der Waals surface area contributed by atoms with Gasteiger partial charge in [-0.05, 0) is 48.0 Å². The quantitative estimate of drug-likeness (QED) is 0.240. The van der Waals surface area contributed by atoms with E-state index in [0.29, 0.717) is 5.56 Å². The number of benzene rings is 3. The maximum atomic E-state index is 12.2. The number of nitrogens with zero attached hydrogens (tertiary/aromatic N) is 3. The molecule has 0 unspecified atom stereocenters. The minimum absolute atomic E-state index is 0.0227. The van der Waals surface area contributed by atoms with Crippen LogP contribution in [0.4, 0.5) is 17.1 Å². The molecule has 3 rings (SSSR count). The Balaban J connectivity index is 1.69. The largest absolute Gasteiger partial charge is 0.379 e. The van der Waals surface area contributed by atoms with E-state index in [2.05, 4.69) is 10.5 Å². The van der Waals surface area contributed by atoms with Gasteiger partial charge in [-0.15, -0.1) is 0 Å². The molecule has 0 atom stereocenters. The fourth-order valence-electron chi connectivity index (χ4n) is 2.43. The lowest BCUT2D eigenvalue weighted by Crippen LogP contribution is -2.09.